The van der Waals surface area contributed by atoms with Crippen LogP contribution in [-0.4, -0.2) is 28.2 Å². The molecule has 3 atom stereocenters. The van der Waals surface area contributed by atoms with Crippen LogP contribution in [0.1, 0.15) is 31.2 Å². The Hall–Kier alpha value is -1.19. The number of aryl methyl sites for hydroxylation is 1. The number of hydrogen-bond acceptors (Lipinski definition) is 3. The number of aliphatic hydroxyl groups excluding tert-OH is 2. The Labute approximate surface area is 107 Å². The third-order valence-corrected chi connectivity index (χ3v) is 3.70. The molecule has 0 aromatic heterocycles. The van der Waals surface area contributed by atoms with E-state index in [9.17, 15) is 15.0 Å². The van der Waals surface area contributed by atoms with Gasteiger partial charge in [-0.1, -0.05) is 30.3 Å². The van der Waals surface area contributed by atoms with Gasteiger partial charge in [-0.3, -0.25) is 4.79 Å². The maximum Gasteiger partial charge on any atom is 0.141 e. The zero-order valence-corrected chi connectivity index (χ0v) is 10.5. The lowest BCUT2D eigenvalue weighted by Gasteiger charge is -2.30. The first-order valence-corrected chi connectivity index (χ1v) is 6.61. The molecule has 1 saturated carbocycles. The summed E-state index contributed by atoms with van der Waals surface area (Å²) < 4.78 is 0. The summed E-state index contributed by atoms with van der Waals surface area (Å²) in [6.45, 7) is 0. The summed E-state index contributed by atoms with van der Waals surface area (Å²) in [4.78, 5) is 11.7. The van der Waals surface area contributed by atoms with Crippen molar-refractivity contribution in [3.05, 3.63) is 35.9 Å². The monoisotopic (exact) mass is 248 g/mol. The molecule has 3 nitrogen and oxygen atoms in total. The minimum atomic E-state index is -0.729. The molecule has 2 N–H and O–H groups in total. The molecule has 0 saturated heterocycles. The Morgan fingerprint density at radius 1 is 1.28 bits per heavy atom. The Balaban J connectivity index is 1.91. The highest BCUT2D eigenvalue weighted by Gasteiger charge is 2.35. The van der Waals surface area contributed by atoms with E-state index in [1.807, 2.05) is 30.3 Å². The van der Waals surface area contributed by atoms with Gasteiger partial charge in [-0.15, -0.1) is 0 Å². The summed E-state index contributed by atoms with van der Waals surface area (Å²) in [5.74, 6) is -0.572. The largest absolute Gasteiger partial charge is 0.392 e. The second-order valence-corrected chi connectivity index (χ2v) is 5.04. The quantitative estimate of drug-likeness (QED) is 0.853. The molecule has 0 unspecified atom stereocenters. The van der Waals surface area contributed by atoms with E-state index in [4.69, 9.17) is 0 Å². The maximum absolute atomic E-state index is 11.7. The van der Waals surface area contributed by atoms with Crippen molar-refractivity contribution < 1.29 is 15.0 Å². The van der Waals surface area contributed by atoms with E-state index in [0.717, 1.165) is 18.4 Å². The fraction of sp³-hybridized carbons (Fsp3) is 0.533. The third kappa shape index (κ3) is 3.18. The molecule has 0 amide bonds. The van der Waals surface area contributed by atoms with E-state index in [0.29, 0.717) is 19.3 Å². The van der Waals surface area contributed by atoms with Crippen LogP contribution in [0.2, 0.25) is 0 Å². The molecule has 98 valence electrons. The normalized spacial score (nSPS) is 26.0. The zero-order valence-electron chi connectivity index (χ0n) is 10.5. The first kappa shape index (κ1) is 13.2. The predicted molar refractivity (Wildman–Crippen MR) is 69.1 cm³/mol. The first-order chi connectivity index (χ1) is 8.68. The van der Waals surface area contributed by atoms with Crippen molar-refractivity contribution in [3.8, 4) is 0 Å². The topological polar surface area (TPSA) is 57.5 Å². The van der Waals surface area contributed by atoms with Gasteiger partial charge in [0.2, 0.25) is 0 Å². The number of carbonyl (C=O) groups excluding carboxylic acids is 1. The van der Waals surface area contributed by atoms with Crippen LogP contribution in [0.15, 0.2) is 30.3 Å². The van der Waals surface area contributed by atoms with Crippen molar-refractivity contribution in [1.82, 2.24) is 0 Å². The molecule has 0 aliphatic heterocycles. The molecule has 1 aromatic rings. The molecule has 0 radical (unpaired) electrons. The highest BCUT2D eigenvalue weighted by molar-refractivity contribution is 5.82. The molecular formula is C15H20O3. The van der Waals surface area contributed by atoms with Gasteiger partial charge < -0.3 is 10.2 Å². The average molecular weight is 248 g/mol. The third-order valence-electron chi connectivity index (χ3n) is 3.70. The van der Waals surface area contributed by atoms with Crippen molar-refractivity contribution in [2.24, 2.45) is 5.92 Å². The summed E-state index contributed by atoms with van der Waals surface area (Å²) in [6.07, 6.45) is 1.71. The summed E-state index contributed by atoms with van der Waals surface area (Å²) in [5, 5.41) is 19.9. The molecule has 0 heterocycles. The Morgan fingerprint density at radius 3 is 2.67 bits per heavy atom. The molecule has 1 aliphatic carbocycles. The fourth-order valence-electron chi connectivity index (χ4n) is 2.66. The van der Waals surface area contributed by atoms with Crippen molar-refractivity contribution >= 4 is 5.78 Å². The predicted octanol–water partition coefficient (Wildman–Crippen LogP) is 1.71. The average Bonchev–Trinajstić information content (AvgIpc) is 2.37. The van der Waals surface area contributed by atoms with Gasteiger partial charge in [0, 0.05) is 6.42 Å². The minimum Gasteiger partial charge on any atom is -0.392 e. The Kier molecular flexibility index (Phi) is 4.50. The summed E-state index contributed by atoms with van der Waals surface area (Å²) >= 11 is 0. The van der Waals surface area contributed by atoms with Gasteiger partial charge in [0.15, 0.2) is 0 Å². The number of hydrogen-bond donors (Lipinski definition) is 2. The molecule has 1 aromatic carbocycles. The van der Waals surface area contributed by atoms with E-state index in [1.165, 1.54) is 0 Å². The second-order valence-electron chi connectivity index (χ2n) is 5.04. The van der Waals surface area contributed by atoms with Crippen molar-refractivity contribution in [1.29, 1.82) is 0 Å². The van der Waals surface area contributed by atoms with E-state index < -0.39 is 18.1 Å². The smallest absolute Gasteiger partial charge is 0.141 e. The Morgan fingerprint density at radius 2 is 2.00 bits per heavy atom. The van der Waals surface area contributed by atoms with Crippen LogP contribution in [-0.2, 0) is 11.2 Å². The number of Topliss-reactive ketones (excluding diaryl/α,β-unsaturated/α-hetero) is 1. The van der Waals surface area contributed by atoms with Crippen LogP contribution < -0.4 is 0 Å². The second kappa shape index (κ2) is 6.12. The van der Waals surface area contributed by atoms with Gasteiger partial charge in [-0.05, 0) is 31.2 Å². The van der Waals surface area contributed by atoms with Gasteiger partial charge in [0.1, 0.15) is 5.78 Å². The van der Waals surface area contributed by atoms with Crippen LogP contribution in [0.5, 0.6) is 0 Å². The SMILES string of the molecule is O=C1CCC[C@@H](O)[C@H]1[C@H](O)CCc1ccccc1. The van der Waals surface area contributed by atoms with E-state index in [2.05, 4.69) is 0 Å². The van der Waals surface area contributed by atoms with Crippen molar-refractivity contribution in [3.63, 3.8) is 0 Å². The lowest BCUT2D eigenvalue weighted by atomic mass is 9.80. The zero-order chi connectivity index (χ0) is 13.0. The maximum atomic E-state index is 11.7. The van der Waals surface area contributed by atoms with Gasteiger partial charge in [0.25, 0.3) is 0 Å². The lowest BCUT2D eigenvalue weighted by molar-refractivity contribution is -0.135. The van der Waals surface area contributed by atoms with Gasteiger partial charge >= 0.3 is 0 Å². The lowest BCUT2D eigenvalue weighted by Crippen LogP contribution is -2.41. The van der Waals surface area contributed by atoms with Crippen molar-refractivity contribution in [2.45, 2.75) is 44.3 Å². The standard InChI is InChI=1S/C15H20O3/c16-12-7-4-8-13(17)15(12)14(18)10-9-11-5-2-1-3-6-11/h1-3,5-6,12,14-16,18H,4,7-10H2/t12-,14-,15-/m1/s1. The summed E-state index contributed by atoms with van der Waals surface area (Å²) in [7, 11) is 0. The number of rotatable bonds is 4. The molecule has 1 fully saturated rings. The molecule has 1 aliphatic rings. The highest BCUT2D eigenvalue weighted by Crippen LogP contribution is 2.26. The molecule has 18 heavy (non-hydrogen) atoms. The highest BCUT2D eigenvalue weighted by atomic mass is 16.3. The molecule has 0 spiro atoms. The van der Waals surface area contributed by atoms with Crippen LogP contribution >= 0.6 is 0 Å². The molecule has 3 heteroatoms. The molecule has 2 rings (SSSR count). The number of aliphatic hydroxyl groups is 2. The van der Waals surface area contributed by atoms with Crippen molar-refractivity contribution in [2.75, 3.05) is 0 Å². The first-order valence-electron chi connectivity index (χ1n) is 6.61. The van der Waals surface area contributed by atoms with E-state index >= 15 is 0 Å². The van der Waals surface area contributed by atoms with Crippen LogP contribution in [0.3, 0.4) is 0 Å². The van der Waals surface area contributed by atoms with Gasteiger partial charge in [-0.25, -0.2) is 0 Å². The summed E-state index contributed by atoms with van der Waals surface area (Å²) in [6, 6.07) is 9.89. The number of ketones is 1. The Bertz CT molecular complexity index is 388. The van der Waals surface area contributed by atoms with Crippen LogP contribution in [0, 0.1) is 5.92 Å². The number of benzene rings is 1. The van der Waals surface area contributed by atoms with Crippen LogP contribution in [0.25, 0.3) is 0 Å². The number of carbonyl (C=O) groups is 1. The summed E-state index contributed by atoms with van der Waals surface area (Å²) in [5.41, 5.74) is 1.15. The molecule has 0 bridgehead atoms. The minimum absolute atomic E-state index is 0.00862. The van der Waals surface area contributed by atoms with E-state index in [-0.39, 0.29) is 5.78 Å². The van der Waals surface area contributed by atoms with Gasteiger partial charge in [-0.2, -0.15) is 0 Å². The van der Waals surface area contributed by atoms with E-state index in [1.54, 1.807) is 0 Å². The molecular weight excluding hydrogens is 228 g/mol. The fourth-order valence-corrected chi connectivity index (χ4v) is 2.66. The van der Waals surface area contributed by atoms with Gasteiger partial charge in [0.05, 0.1) is 18.1 Å². The van der Waals surface area contributed by atoms with Crippen LogP contribution in [0.4, 0.5) is 0 Å².